The average Bonchev–Trinajstić information content (AvgIpc) is 3.38. The van der Waals surface area contributed by atoms with Crippen molar-refractivity contribution >= 4 is 45.3 Å². The number of fused-ring (bicyclic) bond motifs is 3. The lowest BCUT2D eigenvalue weighted by Crippen LogP contribution is -2.39. The SMILES string of the molecule is Cc1ccc(C)c(-n2c(S[C@@H](C)C(=O)N3CCNC3=O)nc3sc4c(c3c2=O)CCCC4)c1. The first kappa shape index (κ1) is 22.2. The number of aromatic nitrogens is 2. The summed E-state index contributed by atoms with van der Waals surface area (Å²) in [7, 11) is 0. The average molecular weight is 483 g/mol. The molecule has 5 rings (SSSR count). The second kappa shape index (κ2) is 8.61. The summed E-state index contributed by atoms with van der Waals surface area (Å²) in [5, 5.41) is 3.31. The van der Waals surface area contributed by atoms with E-state index in [1.807, 2.05) is 32.0 Å². The molecule has 2 aromatic heterocycles. The number of carbonyl (C=O) groups is 2. The number of amides is 3. The van der Waals surface area contributed by atoms with Crippen molar-refractivity contribution in [2.45, 2.75) is 56.9 Å². The molecule has 1 atom stereocenters. The minimum Gasteiger partial charge on any atom is -0.336 e. The highest BCUT2D eigenvalue weighted by Crippen LogP contribution is 2.36. The highest BCUT2D eigenvalue weighted by atomic mass is 32.2. The third kappa shape index (κ3) is 3.87. The number of hydrogen-bond acceptors (Lipinski definition) is 6. The molecule has 1 aliphatic heterocycles. The zero-order valence-electron chi connectivity index (χ0n) is 18.9. The van der Waals surface area contributed by atoms with Gasteiger partial charge >= 0.3 is 6.03 Å². The van der Waals surface area contributed by atoms with E-state index in [0.29, 0.717) is 18.2 Å². The number of benzene rings is 1. The molecule has 1 aromatic carbocycles. The zero-order chi connectivity index (χ0) is 23.3. The number of imide groups is 1. The summed E-state index contributed by atoms with van der Waals surface area (Å²) in [6, 6.07) is 5.65. The Bertz CT molecular complexity index is 1340. The summed E-state index contributed by atoms with van der Waals surface area (Å²) in [5.74, 6) is -0.276. The van der Waals surface area contributed by atoms with Gasteiger partial charge in [0.2, 0.25) is 5.91 Å². The van der Waals surface area contributed by atoms with E-state index in [1.54, 1.807) is 22.8 Å². The van der Waals surface area contributed by atoms with Crippen LogP contribution >= 0.6 is 23.1 Å². The van der Waals surface area contributed by atoms with E-state index >= 15 is 0 Å². The Balaban J connectivity index is 1.66. The Kier molecular flexibility index (Phi) is 5.78. The van der Waals surface area contributed by atoms with Crippen LogP contribution in [0.15, 0.2) is 28.2 Å². The summed E-state index contributed by atoms with van der Waals surface area (Å²) in [6.45, 7) is 6.56. The molecule has 0 bridgehead atoms. The Morgan fingerprint density at radius 1 is 1.21 bits per heavy atom. The maximum absolute atomic E-state index is 14.0. The maximum Gasteiger partial charge on any atom is 0.324 e. The van der Waals surface area contributed by atoms with Crippen LogP contribution in [0.2, 0.25) is 0 Å². The lowest BCUT2D eigenvalue weighted by molar-refractivity contribution is -0.126. The zero-order valence-corrected chi connectivity index (χ0v) is 20.6. The van der Waals surface area contributed by atoms with Crippen molar-refractivity contribution in [2.75, 3.05) is 13.1 Å². The Morgan fingerprint density at radius 2 is 2.00 bits per heavy atom. The van der Waals surface area contributed by atoms with E-state index in [1.165, 1.54) is 21.5 Å². The minimum absolute atomic E-state index is 0.0748. The number of rotatable bonds is 4. The lowest BCUT2D eigenvalue weighted by atomic mass is 9.97. The number of thiophene rings is 1. The molecular formula is C24H26N4O3S2. The van der Waals surface area contributed by atoms with Gasteiger partial charge < -0.3 is 5.32 Å². The lowest BCUT2D eigenvalue weighted by Gasteiger charge is -2.20. The Labute approximate surface area is 200 Å². The van der Waals surface area contributed by atoms with Crippen molar-refractivity contribution in [3.05, 3.63) is 50.1 Å². The summed E-state index contributed by atoms with van der Waals surface area (Å²) in [6.07, 6.45) is 4.11. The molecule has 1 aliphatic carbocycles. The van der Waals surface area contributed by atoms with Crippen LogP contribution in [-0.4, -0.2) is 44.7 Å². The van der Waals surface area contributed by atoms with Gasteiger partial charge in [-0.1, -0.05) is 23.9 Å². The summed E-state index contributed by atoms with van der Waals surface area (Å²) >= 11 is 2.84. The van der Waals surface area contributed by atoms with Gasteiger partial charge in [0.15, 0.2) is 5.16 Å². The molecule has 0 radical (unpaired) electrons. The summed E-state index contributed by atoms with van der Waals surface area (Å²) in [4.78, 5) is 47.1. The number of nitrogens with zero attached hydrogens (tertiary/aromatic N) is 3. The molecule has 3 amide bonds. The fourth-order valence-corrected chi connectivity index (χ4v) is 6.83. The molecule has 2 aliphatic rings. The fourth-order valence-electron chi connectivity index (χ4n) is 4.55. The van der Waals surface area contributed by atoms with Crippen LogP contribution in [0.3, 0.4) is 0 Å². The van der Waals surface area contributed by atoms with Gasteiger partial charge in [0.1, 0.15) is 4.83 Å². The molecule has 33 heavy (non-hydrogen) atoms. The van der Waals surface area contributed by atoms with Crippen molar-refractivity contribution < 1.29 is 9.59 Å². The predicted molar refractivity (Wildman–Crippen MR) is 132 cm³/mol. The van der Waals surface area contributed by atoms with E-state index in [4.69, 9.17) is 4.98 Å². The quantitative estimate of drug-likeness (QED) is 0.449. The largest absolute Gasteiger partial charge is 0.336 e. The van der Waals surface area contributed by atoms with E-state index in [9.17, 15) is 14.4 Å². The first-order chi connectivity index (χ1) is 15.8. The second-order valence-corrected chi connectivity index (χ2v) is 11.1. The molecule has 3 aromatic rings. The Morgan fingerprint density at radius 3 is 2.76 bits per heavy atom. The first-order valence-corrected chi connectivity index (χ1v) is 13.0. The third-order valence-corrected chi connectivity index (χ3v) is 8.54. The number of aryl methyl sites for hydroxylation is 4. The molecule has 1 N–H and O–H groups in total. The highest BCUT2D eigenvalue weighted by Gasteiger charge is 2.32. The number of hydrogen-bond donors (Lipinski definition) is 1. The number of urea groups is 1. The molecule has 1 fully saturated rings. The van der Waals surface area contributed by atoms with Crippen molar-refractivity contribution in [2.24, 2.45) is 0 Å². The molecule has 7 nitrogen and oxygen atoms in total. The van der Waals surface area contributed by atoms with Crippen LogP contribution in [0.5, 0.6) is 0 Å². The van der Waals surface area contributed by atoms with Gasteiger partial charge in [-0.2, -0.15) is 0 Å². The molecule has 9 heteroatoms. The normalized spacial score (nSPS) is 16.7. The molecule has 172 valence electrons. The minimum atomic E-state index is -0.566. The second-order valence-electron chi connectivity index (χ2n) is 8.70. The number of thioether (sulfide) groups is 1. The fraction of sp³-hybridized carbons (Fsp3) is 0.417. The van der Waals surface area contributed by atoms with Crippen molar-refractivity contribution in [3.8, 4) is 5.69 Å². The molecule has 0 spiro atoms. The Hall–Kier alpha value is -2.65. The van der Waals surface area contributed by atoms with Crippen LogP contribution in [0.25, 0.3) is 15.9 Å². The summed E-state index contributed by atoms with van der Waals surface area (Å²) < 4.78 is 1.67. The van der Waals surface area contributed by atoms with Crippen LogP contribution in [-0.2, 0) is 17.6 Å². The van der Waals surface area contributed by atoms with Gasteiger partial charge in [-0.05, 0) is 69.2 Å². The van der Waals surface area contributed by atoms with Gasteiger partial charge in [0, 0.05) is 18.0 Å². The van der Waals surface area contributed by atoms with E-state index in [2.05, 4.69) is 5.32 Å². The van der Waals surface area contributed by atoms with Crippen molar-refractivity contribution in [3.63, 3.8) is 0 Å². The number of carbonyl (C=O) groups excluding carboxylic acids is 2. The molecule has 1 saturated heterocycles. The van der Waals surface area contributed by atoms with Crippen LogP contribution in [0.1, 0.15) is 41.3 Å². The van der Waals surface area contributed by atoms with Gasteiger partial charge in [-0.25, -0.2) is 9.78 Å². The highest BCUT2D eigenvalue weighted by molar-refractivity contribution is 8.00. The van der Waals surface area contributed by atoms with E-state index in [-0.39, 0.29) is 17.5 Å². The van der Waals surface area contributed by atoms with Gasteiger partial charge in [-0.3, -0.25) is 19.1 Å². The molecule has 0 unspecified atom stereocenters. The first-order valence-electron chi connectivity index (χ1n) is 11.3. The van der Waals surface area contributed by atoms with Gasteiger partial charge in [-0.15, -0.1) is 11.3 Å². The van der Waals surface area contributed by atoms with Gasteiger partial charge in [0.05, 0.1) is 16.3 Å². The van der Waals surface area contributed by atoms with Crippen LogP contribution < -0.4 is 10.9 Å². The molecule has 3 heterocycles. The molecular weight excluding hydrogens is 456 g/mol. The van der Waals surface area contributed by atoms with Crippen LogP contribution in [0, 0.1) is 13.8 Å². The predicted octanol–water partition coefficient (Wildman–Crippen LogP) is 3.98. The van der Waals surface area contributed by atoms with E-state index < -0.39 is 5.25 Å². The maximum atomic E-state index is 14.0. The smallest absolute Gasteiger partial charge is 0.324 e. The standard InChI is InChI=1S/C24H26N4O3S2/c1-13-8-9-14(2)17(12-13)28-22(30)19-16-6-4-5-7-18(16)33-20(19)26-24(28)32-15(3)21(29)27-11-10-25-23(27)31/h8-9,12,15H,4-7,10-11H2,1-3H3,(H,25,31)/t15-/m0/s1. The topological polar surface area (TPSA) is 84.3 Å². The van der Waals surface area contributed by atoms with Crippen LogP contribution in [0.4, 0.5) is 4.79 Å². The monoisotopic (exact) mass is 482 g/mol. The molecule has 0 saturated carbocycles. The van der Waals surface area contributed by atoms with Crippen molar-refractivity contribution in [1.82, 2.24) is 19.8 Å². The third-order valence-electron chi connectivity index (χ3n) is 6.32. The van der Waals surface area contributed by atoms with E-state index in [0.717, 1.165) is 58.3 Å². The summed E-state index contributed by atoms with van der Waals surface area (Å²) in [5.41, 5.74) is 3.86. The number of nitrogens with one attached hydrogen (secondary N) is 1. The van der Waals surface area contributed by atoms with Crippen molar-refractivity contribution in [1.29, 1.82) is 0 Å². The van der Waals surface area contributed by atoms with Gasteiger partial charge in [0.25, 0.3) is 5.56 Å².